The number of furan rings is 1. The predicted octanol–water partition coefficient (Wildman–Crippen LogP) is 2.80. The van der Waals surface area contributed by atoms with Crippen LogP contribution in [-0.2, 0) is 25.4 Å². The molecule has 0 aliphatic heterocycles. The lowest BCUT2D eigenvalue weighted by atomic mass is 10.1. The van der Waals surface area contributed by atoms with E-state index in [0.29, 0.717) is 39.1 Å². The second kappa shape index (κ2) is 8.71. The maximum Gasteiger partial charge on any atom is 0.338 e. The number of aryl methyl sites for hydroxylation is 3. The Kier molecular flexibility index (Phi) is 5.56. The number of pyridine rings is 1. The van der Waals surface area contributed by atoms with Gasteiger partial charge in [-0.25, -0.2) is 19.6 Å². The van der Waals surface area contributed by atoms with Crippen LogP contribution in [0.5, 0.6) is 0 Å². The monoisotopic (exact) mass is 473 g/mol. The SMILES string of the molecule is Cc1ccc(-c2cc(C(=O)OCCCn3c(=O)c4c(ncn4C)n(C)c3=O)c3ccccc3n2)o1. The summed E-state index contributed by atoms with van der Waals surface area (Å²) in [6.07, 6.45) is 1.78. The Bertz CT molecular complexity index is 1710. The molecule has 0 fully saturated rings. The fourth-order valence-electron chi connectivity index (χ4n) is 4.10. The first-order valence-corrected chi connectivity index (χ1v) is 11.1. The first kappa shape index (κ1) is 22.3. The number of carbonyl (C=O) groups excluding carboxylic acids is 1. The highest BCUT2D eigenvalue weighted by Crippen LogP contribution is 2.26. The van der Waals surface area contributed by atoms with E-state index in [0.717, 1.165) is 10.3 Å². The lowest BCUT2D eigenvalue weighted by molar-refractivity contribution is 0.0497. The summed E-state index contributed by atoms with van der Waals surface area (Å²) in [5.41, 5.74) is 1.32. The van der Waals surface area contributed by atoms with E-state index in [-0.39, 0.29) is 19.6 Å². The number of benzene rings is 1. The average Bonchev–Trinajstić information content (AvgIpc) is 3.47. The number of hydrogen-bond acceptors (Lipinski definition) is 7. The zero-order valence-corrected chi connectivity index (χ0v) is 19.5. The molecule has 0 spiro atoms. The summed E-state index contributed by atoms with van der Waals surface area (Å²) in [5, 5.41) is 0.663. The molecule has 0 saturated heterocycles. The number of nitrogens with zero attached hydrogens (tertiary/aromatic N) is 5. The van der Waals surface area contributed by atoms with Crippen molar-refractivity contribution in [2.45, 2.75) is 19.9 Å². The first-order chi connectivity index (χ1) is 16.8. The number of ether oxygens (including phenoxy) is 1. The van der Waals surface area contributed by atoms with E-state index in [1.807, 2.05) is 37.3 Å². The van der Waals surface area contributed by atoms with Gasteiger partial charge in [-0.2, -0.15) is 0 Å². The van der Waals surface area contributed by atoms with E-state index in [4.69, 9.17) is 9.15 Å². The van der Waals surface area contributed by atoms with Gasteiger partial charge < -0.3 is 13.7 Å². The summed E-state index contributed by atoms with van der Waals surface area (Å²) in [4.78, 5) is 47.2. The summed E-state index contributed by atoms with van der Waals surface area (Å²) in [5.74, 6) is 0.781. The number of hydrogen-bond donors (Lipinski definition) is 0. The van der Waals surface area contributed by atoms with Gasteiger partial charge in [0, 0.05) is 26.0 Å². The van der Waals surface area contributed by atoms with E-state index in [2.05, 4.69) is 9.97 Å². The number of aromatic nitrogens is 5. The van der Waals surface area contributed by atoms with Gasteiger partial charge in [-0.15, -0.1) is 0 Å². The molecule has 178 valence electrons. The minimum Gasteiger partial charge on any atom is -0.462 e. The fourth-order valence-corrected chi connectivity index (χ4v) is 4.10. The van der Waals surface area contributed by atoms with Gasteiger partial charge in [-0.05, 0) is 37.6 Å². The molecule has 4 aromatic heterocycles. The topological polar surface area (TPSA) is 114 Å². The lowest BCUT2D eigenvalue weighted by Gasteiger charge is -2.11. The van der Waals surface area contributed by atoms with Crippen molar-refractivity contribution in [2.75, 3.05) is 6.61 Å². The van der Waals surface area contributed by atoms with Gasteiger partial charge in [0.25, 0.3) is 5.56 Å². The summed E-state index contributed by atoms with van der Waals surface area (Å²) >= 11 is 0. The normalized spacial score (nSPS) is 11.4. The Morgan fingerprint density at radius 1 is 1.11 bits per heavy atom. The zero-order valence-electron chi connectivity index (χ0n) is 19.5. The minimum absolute atomic E-state index is 0.0314. The van der Waals surface area contributed by atoms with Crippen LogP contribution >= 0.6 is 0 Å². The number of fused-ring (bicyclic) bond motifs is 2. The smallest absolute Gasteiger partial charge is 0.338 e. The van der Waals surface area contributed by atoms with E-state index in [1.165, 1.54) is 10.9 Å². The Morgan fingerprint density at radius 2 is 1.91 bits per heavy atom. The van der Waals surface area contributed by atoms with Crippen LogP contribution in [0.1, 0.15) is 22.5 Å². The largest absolute Gasteiger partial charge is 0.462 e. The van der Waals surface area contributed by atoms with Crippen molar-refractivity contribution in [1.29, 1.82) is 0 Å². The van der Waals surface area contributed by atoms with Gasteiger partial charge >= 0.3 is 11.7 Å². The summed E-state index contributed by atoms with van der Waals surface area (Å²) < 4.78 is 15.3. The Hall–Kier alpha value is -4.47. The molecule has 35 heavy (non-hydrogen) atoms. The number of imidazole rings is 1. The third kappa shape index (κ3) is 3.92. The molecule has 10 nitrogen and oxygen atoms in total. The second-order valence-electron chi connectivity index (χ2n) is 8.30. The maximum absolute atomic E-state index is 13.0. The molecule has 0 amide bonds. The molecule has 0 saturated carbocycles. The maximum atomic E-state index is 13.0. The highest BCUT2D eigenvalue weighted by atomic mass is 16.5. The zero-order chi connectivity index (χ0) is 24.7. The van der Waals surface area contributed by atoms with Gasteiger partial charge in [0.05, 0.1) is 24.0 Å². The predicted molar refractivity (Wildman–Crippen MR) is 129 cm³/mol. The van der Waals surface area contributed by atoms with Crippen molar-refractivity contribution < 1.29 is 13.9 Å². The van der Waals surface area contributed by atoms with Crippen LogP contribution in [0.3, 0.4) is 0 Å². The number of carbonyl (C=O) groups is 1. The number of rotatable bonds is 6. The molecule has 0 aliphatic carbocycles. The van der Waals surface area contributed by atoms with E-state index in [1.54, 1.807) is 30.8 Å². The Balaban J connectivity index is 1.36. The highest BCUT2D eigenvalue weighted by Gasteiger charge is 2.18. The van der Waals surface area contributed by atoms with Crippen LogP contribution in [0.25, 0.3) is 33.5 Å². The molecule has 10 heteroatoms. The summed E-state index contributed by atoms with van der Waals surface area (Å²) in [6, 6.07) is 12.6. The van der Waals surface area contributed by atoms with Gasteiger partial charge in [0.2, 0.25) is 0 Å². The standard InChI is InChI=1S/C25H23N5O5/c1-15-9-10-20(35-15)19-13-17(16-7-4-5-8-18(16)27-19)24(32)34-12-6-11-30-23(31)21-22(26-14-28(21)2)29(3)25(30)33/h4-5,7-10,13-14H,6,11-12H2,1-3H3. The van der Waals surface area contributed by atoms with Crippen LogP contribution in [0.4, 0.5) is 0 Å². The quantitative estimate of drug-likeness (QED) is 0.275. The van der Waals surface area contributed by atoms with Gasteiger partial charge in [0.15, 0.2) is 16.9 Å². The van der Waals surface area contributed by atoms with Gasteiger partial charge in [0.1, 0.15) is 11.5 Å². The van der Waals surface area contributed by atoms with Crippen LogP contribution in [0.2, 0.25) is 0 Å². The molecule has 0 N–H and O–H groups in total. The van der Waals surface area contributed by atoms with Crippen molar-refractivity contribution in [3.8, 4) is 11.5 Å². The number of para-hydroxylation sites is 1. The van der Waals surface area contributed by atoms with Crippen LogP contribution in [0.15, 0.2) is 62.8 Å². The van der Waals surface area contributed by atoms with Gasteiger partial charge in [-0.3, -0.25) is 13.9 Å². The van der Waals surface area contributed by atoms with Crippen molar-refractivity contribution in [1.82, 2.24) is 23.7 Å². The van der Waals surface area contributed by atoms with E-state index in [9.17, 15) is 14.4 Å². The first-order valence-electron chi connectivity index (χ1n) is 11.1. The molecular formula is C25H23N5O5. The Labute approximate surface area is 199 Å². The third-order valence-electron chi connectivity index (χ3n) is 5.89. The van der Waals surface area contributed by atoms with Crippen LogP contribution in [0, 0.1) is 6.92 Å². The fraction of sp³-hybridized carbons (Fsp3) is 0.240. The van der Waals surface area contributed by atoms with Crippen molar-refractivity contribution >= 4 is 28.0 Å². The molecule has 5 rings (SSSR count). The molecule has 0 aliphatic rings. The third-order valence-corrected chi connectivity index (χ3v) is 5.89. The second-order valence-corrected chi connectivity index (χ2v) is 8.30. The van der Waals surface area contributed by atoms with Gasteiger partial charge in [-0.1, -0.05) is 18.2 Å². The van der Waals surface area contributed by atoms with Crippen LogP contribution < -0.4 is 11.2 Å². The summed E-state index contributed by atoms with van der Waals surface area (Å²) in [7, 11) is 3.27. The molecule has 0 atom stereocenters. The lowest BCUT2D eigenvalue weighted by Crippen LogP contribution is -2.39. The highest BCUT2D eigenvalue weighted by molar-refractivity contribution is 6.04. The van der Waals surface area contributed by atoms with E-state index >= 15 is 0 Å². The average molecular weight is 473 g/mol. The van der Waals surface area contributed by atoms with Crippen molar-refractivity contribution in [2.24, 2.45) is 14.1 Å². The van der Waals surface area contributed by atoms with Crippen LogP contribution in [-0.4, -0.2) is 36.2 Å². The van der Waals surface area contributed by atoms with E-state index < -0.39 is 17.2 Å². The molecule has 0 bridgehead atoms. The molecule has 0 unspecified atom stereocenters. The van der Waals surface area contributed by atoms with Crippen molar-refractivity contribution in [3.05, 3.63) is 81.0 Å². The molecule has 5 aromatic rings. The molecular weight excluding hydrogens is 450 g/mol. The molecule has 0 radical (unpaired) electrons. The van der Waals surface area contributed by atoms with Crippen molar-refractivity contribution in [3.63, 3.8) is 0 Å². The minimum atomic E-state index is -0.518. The molecule has 1 aromatic carbocycles. The number of esters is 1. The molecule has 4 heterocycles. The summed E-state index contributed by atoms with van der Waals surface area (Å²) in [6.45, 7) is 1.97. The Morgan fingerprint density at radius 3 is 2.69 bits per heavy atom.